The Kier molecular flexibility index (Phi) is 8.02. The molecule has 1 N–H and O–H groups in total. The van der Waals surface area contributed by atoms with E-state index in [-0.39, 0.29) is 23.3 Å². The number of methoxy groups -OCH3 is 2. The largest absolute Gasteiger partial charge is 0.497 e. The number of rotatable bonds is 9. The van der Waals surface area contributed by atoms with Crippen molar-refractivity contribution in [1.82, 2.24) is 0 Å². The summed E-state index contributed by atoms with van der Waals surface area (Å²) in [6, 6.07) is 16.4. The van der Waals surface area contributed by atoms with E-state index in [4.69, 9.17) is 18.9 Å². The van der Waals surface area contributed by atoms with Crippen LogP contribution in [0, 0.1) is 23.1 Å². The Hall–Kier alpha value is -3.58. The summed E-state index contributed by atoms with van der Waals surface area (Å²) in [5, 5.41) is 9.72. The highest BCUT2D eigenvalue weighted by Gasteiger charge is 2.39. The van der Waals surface area contributed by atoms with Gasteiger partial charge in [-0.25, -0.2) is 4.39 Å². The van der Waals surface area contributed by atoms with E-state index in [1.165, 1.54) is 6.07 Å². The lowest BCUT2D eigenvalue weighted by atomic mass is 9.80. The maximum Gasteiger partial charge on any atom is 0.306 e. The lowest BCUT2D eigenvalue weighted by Gasteiger charge is -2.33. The second-order valence-electron chi connectivity index (χ2n) is 12.3. The molecule has 0 amide bonds. The molecule has 218 valence electrons. The standard InChI is InChI=1S/C34H39FO6/c1-19(33(36)37)31(20-7-8-20)22-10-14-28-29(16-22)41-30(18-40-28)21-9-12-24(25-17-23(38-5)11-13-27(25)35)26(15-21)32(39-6)34(2,3)4/h9-17,19-20,30-32H,7-8,18H2,1-6H3,(H,36,37)/t19-,30-,31-,32?/m0/s1. The predicted molar refractivity (Wildman–Crippen MR) is 155 cm³/mol. The zero-order chi connectivity index (χ0) is 29.5. The van der Waals surface area contributed by atoms with Gasteiger partial charge in [-0.2, -0.15) is 0 Å². The zero-order valence-corrected chi connectivity index (χ0v) is 24.6. The lowest BCUT2D eigenvalue weighted by Crippen LogP contribution is -2.24. The third-order valence-corrected chi connectivity index (χ3v) is 8.29. The van der Waals surface area contributed by atoms with Crippen LogP contribution in [0.1, 0.15) is 75.4 Å². The van der Waals surface area contributed by atoms with Crippen molar-refractivity contribution in [3.05, 3.63) is 77.1 Å². The Morgan fingerprint density at radius 1 is 1.00 bits per heavy atom. The molecule has 0 saturated heterocycles. The first kappa shape index (κ1) is 28.9. The van der Waals surface area contributed by atoms with Crippen molar-refractivity contribution in [2.24, 2.45) is 17.3 Å². The van der Waals surface area contributed by atoms with Crippen LogP contribution < -0.4 is 14.2 Å². The Morgan fingerprint density at radius 2 is 1.76 bits per heavy atom. The summed E-state index contributed by atoms with van der Waals surface area (Å²) in [6.07, 6.45) is 1.34. The van der Waals surface area contributed by atoms with Crippen molar-refractivity contribution in [3.63, 3.8) is 0 Å². The van der Waals surface area contributed by atoms with E-state index in [0.717, 1.165) is 35.1 Å². The van der Waals surface area contributed by atoms with Crippen LogP contribution in [0.3, 0.4) is 0 Å². The van der Waals surface area contributed by atoms with Crippen molar-refractivity contribution >= 4 is 5.97 Å². The van der Waals surface area contributed by atoms with Gasteiger partial charge < -0.3 is 24.1 Å². The first-order valence-corrected chi connectivity index (χ1v) is 14.2. The minimum atomic E-state index is -0.790. The van der Waals surface area contributed by atoms with Gasteiger partial charge in [-0.15, -0.1) is 0 Å². The molecule has 1 aliphatic heterocycles. The van der Waals surface area contributed by atoms with Gasteiger partial charge in [0.1, 0.15) is 18.2 Å². The molecule has 1 aliphatic carbocycles. The number of hydrogen-bond donors (Lipinski definition) is 1. The van der Waals surface area contributed by atoms with Gasteiger partial charge in [-0.1, -0.05) is 45.9 Å². The summed E-state index contributed by atoms with van der Waals surface area (Å²) < 4.78 is 39.1. The van der Waals surface area contributed by atoms with E-state index in [2.05, 4.69) is 20.8 Å². The number of carboxylic acids is 1. The van der Waals surface area contributed by atoms with Crippen molar-refractivity contribution in [3.8, 4) is 28.4 Å². The van der Waals surface area contributed by atoms with E-state index in [0.29, 0.717) is 35.3 Å². The smallest absolute Gasteiger partial charge is 0.306 e. The van der Waals surface area contributed by atoms with Gasteiger partial charge >= 0.3 is 5.97 Å². The zero-order valence-electron chi connectivity index (χ0n) is 24.6. The average Bonchev–Trinajstić information content (AvgIpc) is 3.78. The van der Waals surface area contributed by atoms with Crippen LogP contribution in [-0.4, -0.2) is 31.9 Å². The number of hydrogen-bond acceptors (Lipinski definition) is 5. The molecule has 6 nitrogen and oxygen atoms in total. The van der Waals surface area contributed by atoms with Gasteiger partial charge in [0, 0.05) is 12.7 Å². The molecule has 0 radical (unpaired) electrons. The molecule has 1 heterocycles. The van der Waals surface area contributed by atoms with Gasteiger partial charge in [0.25, 0.3) is 0 Å². The fraction of sp³-hybridized carbons (Fsp3) is 0.441. The van der Waals surface area contributed by atoms with Crippen LogP contribution in [0.2, 0.25) is 0 Å². The minimum absolute atomic E-state index is 0.0698. The van der Waals surface area contributed by atoms with Crippen molar-refractivity contribution < 1.29 is 33.2 Å². The summed E-state index contributed by atoms with van der Waals surface area (Å²) in [4.78, 5) is 11.8. The monoisotopic (exact) mass is 562 g/mol. The van der Waals surface area contributed by atoms with Gasteiger partial charge in [-0.3, -0.25) is 4.79 Å². The number of ether oxygens (including phenoxy) is 4. The van der Waals surface area contributed by atoms with E-state index in [1.54, 1.807) is 33.3 Å². The molecule has 0 aromatic heterocycles. The highest BCUT2D eigenvalue weighted by atomic mass is 19.1. The molecule has 0 spiro atoms. The summed E-state index contributed by atoms with van der Waals surface area (Å²) in [5.74, 6) is 0.488. The van der Waals surface area contributed by atoms with Crippen molar-refractivity contribution in [1.29, 1.82) is 0 Å². The molecule has 1 saturated carbocycles. The van der Waals surface area contributed by atoms with Crippen molar-refractivity contribution in [2.75, 3.05) is 20.8 Å². The summed E-state index contributed by atoms with van der Waals surface area (Å²) >= 11 is 0. The molecule has 3 aromatic rings. The molecule has 3 aromatic carbocycles. The number of halogens is 1. The van der Waals surface area contributed by atoms with E-state index in [1.807, 2.05) is 36.4 Å². The summed E-state index contributed by atoms with van der Waals surface area (Å²) in [7, 11) is 3.23. The number of carboxylic acid groups (broad SMARTS) is 1. The quantitative estimate of drug-likeness (QED) is 0.285. The second kappa shape index (κ2) is 11.4. The molecular formula is C34H39FO6. The molecule has 1 unspecified atom stereocenters. The Morgan fingerprint density at radius 3 is 2.39 bits per heavy atom. The number of benzene rings is 3. The first-order chi connectivity index (χ1) is 19.5. The molecule has 5 rings (SSSR count). The fourth-order valence-electron chi connectivity index (χ4n) is 6.07. The molecule has 4 atom stereocenters. The van der Waals surface area contributed by atoms with Crippen LogP contribution in [0.15, 0.2) is 54.6 Å². The van der Waals surface area contributed by atoms with Gasteiger partial charge in [0.05, 0.1) is 19.1 Å². The third-order valence-electron chi connectivity index (χ3n) is 8.29. The van der Waals surface area contributed by atoms with Gasteiger partial charge in [0.15, 0.2) is 17.6 Å². The molecule has 41 heavy (non-hydrogen) atoms. The van der Waals surface area contributed by atoms with Crippen molar-refractivity contribution in [2.45, 2.75) is 58.7 Å². The normalized spacial score (nSPS) is 18.9. The number of aliphatic carboxylic acids is 1. The summed E-state index contributed by atoms with van der Waals surface area (Å²) in [5.41, 5.74) is 3.57. The minimum Gasteiger partial charge on any atom is -0.497 e. The second-order valence-corrected chi connectivity index (χ2v) is 12.3. The van der Waals surface area contributed by atoms with E-state index in [9.17, 15) is 9.90 Å². The van der Waals surface area contributed by atoms with Gasteiger partial charge in [0.2, 0.25) is 0 Å². The maximum atomic E-state index is 15.1. The van der Waals surface area contributed by atoms with Crippen LogP contribution in [-0.2, 0) is 9.53 Å². The van der Waals surface area contributed by atoms with Gasteiger partial charge in [-0.05, 0) is 88.7 Å². The predicted octanol–water partition coefficient (Wildman–Crippen LogP) is 7.96. The number of fused-ring (bicyclic) bond motifs is 1. The van der Waals surface area contributed by atoms with Crippen LogP contribution in [0.5, 0.6) is 17.2 Å². The molecular weight excluding hydrogens is 523 g/mol. The van der Waals surface area contributed by atoms with Crippen LogP contribution in [0.4, 0.5) is 4.39 Å². The molecule has 2 aliphatic rings. The third kappa shape index (κ3) is 5.91. The van der Waals surface area contributed by atoms with Crippen LogP contribution in [0.25, 0.3) is 11.1 Å². The SMILES string of the molecule is COc1ccc(F)c(-c2ccc([C@@H]3COc4ccc([C@H](C5CC5)[C@H](C)C(=O)O)cc4O3)cc2C(OC)C(C)(C)C)c1. The molecule has 0 bridgehead atoms. The van der Waals surface area contributed by atoms with Crippen LogP contribution >= 0.6 is 0 Å². The van der Waals surface area contributed by atoms with E-state index >= 15 is 4.39 Å². The van der Waals surface area contributed by atoms with E-state index < -0.39 is 18.0 Å². The highest BCUT2D eigenvalue weighted by molar-refractivity contribution is 5.72. The Labute approximate surface area is 241 Å². The highest BCUT2D eigenvalue weighted by Crippen LogP contribution is 2.49. The maximum absolute atomic E-state index is 15.1. The summed E-state index contributed by atoms with van der Waals surface area (Å²) in [6.45, 7) is 8.36. The topological polar surface area (TPSA) is 74.2 Å². The first-order valence-electron chi connectivity index (χ1n) is 14.2. The average molecular weight is 563 g/mol. The lowest BCUT2D eigenvalue weighted by molar-refractivity contribution is -0.142. The fourth-order valence-corrected chi connectivity index (χ4v) is 6.07. The molecule has 1 fully saturated rings. The number of carbonyl (C=O) groups is 1. The molecule has 7 heteroatoms. The Balaban J connectivity index is 1.52. The Bertz CT molecular complexity index is 1420.